The molecule has 0 radical (unpaired) electrons. The van der Waals surface area contributed by atoms with Crippen LogP contribution in [0.25, 0.3) is 0 Å². The average Bonchev–Trinajstić information content (AvgIpc) is 2.59. The maximum absolute atomic E-state index is 13.6. The number of hydrogen-bond acceptors (Lipinski definition) is 3. The zero-order valence-electron chi connectivity index (χ0n) is 13.8. The minimum absolute atomic E-state index is 0.0249. The standard InChI is InChI=1S/C17H18F2N2O3S/c1-3-21(4-2)25(23,24)14-7-5-6-12(10-14)17(22)20-16-11-13(18)8-9-15(16)19/h5-11H,3-4H2,1-2H3,(H,20,22). The van der Waals surface area contributed by atoms with Crippen molar-refractivity contribution < 1.29 is 22.0 Å². The van der Waals surface area contributed by atoms with Crippen LogP contribution in [0.1, 0.15) is 24.2 Å². The largest absolute Gasteiger partial charge is 0.319 e. The normalized spacial score (nSPS) is 11.6. The molecule has 0 unspecified atom stereocenters. The van der Waals surface area contributed by atoms with Crippen LogP contribution in [-0.4, -0.2) is 31.7 Å². The third kappa shape index (κ3) is 4.21. The number of rotatable bonds is 6. The summed E-state index contributed by atoms with van der Waals surface area (Å²) >= 11 is 0. The highest BCUT2D eigenvalue weighted by molar-refractivity contribution is 7.89. The first-order valence-corrected chi connectivity index (χ1v) is 9.10. The van der Waals surface area contributed by atoms with E-state index in [-0.39, 0.29) is 16.1 Å². The van der Waals surface area contributed by atoms with Gasteiger partial charge in [0.2, 0.25) is 10.0 Å². The van der Waals surface area contributed by atoms with E-state index in [1.54, 1.807) is 13.8 Å². The van der Waals surface area contributed by atoms with Gasteiger partial charge in [-0.1, -0.05) is 19.9 Å². The molecule has 2 aromatic carbocycles. The van der Waals surface area contributed by atoms with Gasteiger partial charge in [-0.15, -0.1) is 0 Å². The number of amides is 1. The summed E-state index contributed by atoms with van der Waals surface area (Å²) in [6.07, 6.45) is 0. The summed E-state index contributed by atoms with van der Waals surface area (Å²) < 4.78 is 53.1. The van der Waals surface area contributed by atoms with Crippen molar-refractivity contribution in [1.82, 2.24) is 4.31 Å². The number of sulfonamides is 1. The molecular weight excluding hydrogens is 350 g/mol. The van der Waals surface area contributed by atoms with Gasteiger partial charge in [-0.2, -0.15) is 4.31 Å². The van der Waals surface area contributed by atoms with Crippen LogP contribution in [0.2, 0.25) is 0 Å². The van der Waals surface area contributed by atoms with Gasteiger partial charge in [0, 0.05) is 24.7 Å². The second kappa shape index (κ2) is 7.71. The van der Waals surface area contributed by atoms with E-state index in [0.717, 1.165) is 18.2 Å². The Hall–Kier alpha value is -2.32. The van der Waals surface area contributed by atoms with E-state index in [1.165, 1.54) is 28.6 Å². The molecular formula is C17H18F2N2O3S. The lowest BCUT2D eigenvalue weighted by Gasteiger charge is -2.18. The smallest absolute Gasteiger partial charge is 0.255 e. The van der Waals surface area contributed by atoms with E-state index in [9.17, 15) is 22.0 Å². The fraction of sp³-hybridized carbons (Fsp3) is 0.235. The number of anilines is 1. The second-order valence-electron chi connectivity index (χ2n) is 5.20. The second-order valence-corrected chi connectivity index (χ2v) is 7.13. The third-order valence-corrected chi connectivity index (χ3v) is 5.66. The highest BCUT2D eigenvalue weighted by Gasteiger charge is 2.22. The molecule has 2 aromatic rings. The molecule has 0 aliphatic carbocycles. The van der Waals surface area contributed by atoms with Gasteiger partial charge in [-0.25, -0.2) is 17.2 Å². The Bertz CT molecular complexity index is 881. The monoisotopic (exact) mass is 368 g/mol. The Kier molecular flexibility index (Phi) is 5.86. The van der Waals surface area contributed by atoms with Gasteiger partial charge in [0.1, 0.15) is 11.6 Å². The van der Waals surface area contributed by atoms with Gasteiger partial charge in [0.25, 0.3) is 5.91 Å². The van der Waals surface area contributed by atoms with Crippen LogP contribution in [0.5, 0.6) is 0 Å². The summed E-state index contributed by atoms with van der Waals surface area (Å²) in [4.78, 5) is 12.2. The van der Waals surface area contributed by atoms with Crippen LogP contribution in [0.3, 0.4) is 0 Å². The number of nitrogens with one attached hydrogen (secondary N) is 1. The summed E-state index contributed by atoms with van der Waals surface area (Å²) in [7, 11) is -3.73. The molecule has 0 bridgehead atoms. The molecule has 2 rings (SSSR count). The minimum atomic E-state index is -3.73. The predicted octanol–water partition coefficient (Wildman–Crippen LogP) is 3.25. The van der Waals surface area contributed by atoms with Crippen LogP contribution >= 0.6 is 0 Å². The molecule has 0 aromatic heterocycles. The van der Waals surface area contributed by atoms with Gasteiger partial charge in [-0.3, -0.25) is 4.79 Å². The molecule has 25 heavy (non-hydrogen) atoms. The Morgan fingerprint density at radius 2 is 1.76 bits per heavy atom. The molecule has 0 aliphatic heterocycles. The Labute approximate surface area is 145 Å². The maximum Gasteiger partial charge on any atom is 0.255 e. The summed E-state index contributed by atoms with van der Waals surface area (Å²) in [6, 6.07) is 8.09. The van der Waals surface area contributed by atoms with Crippen LogP contribution in [-0.2, 0) is 10.0 Å². The van der Waals surface area contributed by atoms with Crippen molar-refractivity contribution in [3.63, 3.8) is 0 Å². The summed E-state index contributed by atoms with van der Waals surface area (Å²) in [5.74, 6) is -2.22. The van der Waals surface area contributed by atoms with Crippen molar-refractivity contribution in [3.8, 4) is 0 Å². The lowest BCUT2D eigenvalue weighted by atomic mass is 10.2. The summed E-state index contributed by atoms with van der Waals surface area (Å²) in [6.45, 7) is 4.02. The summed E-state index contributed by atoms with van der Waals surface area (Å²) in [5.41, 5.74) is -0.293. The zero-order valence-corrected chi connectivity index (χ0v) is 14.6. The zero-order chi connectivity index (χ0) is 18.6. The molecule has 0 saturated heterocycles. The Morgan fingerprint density at radius 3 is 2.40 bits per heavy atom. The minimum Gasteiger partial charge on any atom is -0.319 e. The van der Waals surface area contributed by atoms with E-state index in [2.05, 4.69) is 5.32 Å². The molecule has 1 amide bonds. The highest BCUT2D eigenvalue weighted by atomic mass is 32.2. The molecule has 0 spiro atoms. The van der Waals surface area contributed by atoms with Gasteiger partial charge in [-0.05, 0) is 30.3 Å². The van der Waals surface area contributed by atoms with Gasteiger partial charge < -0.3 is 5.32 Å². The number of benzene rings is 2. The maximum atomic E-state index is 13.6. The first-order chi connectivity index (χ1) is 11.8. The van der Waals surface area contributed by atoms with Crippen LogP contribution in [0.4, 0.5) is 14.5 Å². The molecule has 0 aliphatic rings. The quantitative estimate of drug-likeness (QED) is 0.851. The summed E-state index contributed by atoms with van der Waals surface area (Å²) in [5, 5.41) is 2.24. The van der Waals surface area contributed by atoms with E-state index in [1.807, 2.05) is 0 Å². The fourth-order valence-electron chi connectivity index (χ4n) is 2.30. The first-order valence-electron chi connectivity index (χ1n) is 7.66. The molecule has 5 nitrogen and oxygen atoms in total. The van der Waals surface area contributed by atoms with E-state index in [0.29, 0.717) is 13.1 Å². The fourth-order valence-corrected chi connectivity index (χ4v) is 3.80. The van der Waals surface area contributed by atoms with Crippen molar-refractivity contribution in [2.75, 3.05) is 18.4 Å². The Morgan fingerprint density at radius 1 is 1.08 bits per heavy atom. The van der Waals surface area contributed by atoms with Crippen molar-refractivity contribution >= 4 is 21.6 Å². The number of halogens is 2. The lowest BCUT2D eigenvalue weighted by molar-refractivity contribution is 0.102. The van der Waals surface area contributed by atoms with Crippen molar-refractivity contribution in [1.29, 1.82) is 0 Å². The van der Waals surface area contributed by atoms with Gasteiger partial charge in [0.15, 0.2) is 0 Å². The lowest BCUT2D eigenvalue weighted by Crippen LogP contribution is -2.30. The van der Waals surface area contributed by atoms with E-state index in [4.69, 9.17) is 0 Å². The van der Waals surface area contributed by atoms with Crippen molar-refractivity contribution in [2.45, 2.75) is 18.7 Å². The predicted molar refractivity (Wildman–Crippen MR) is 90.9 cm³/mol. The number of nitrogens with zero attached hydrogens (tertiary/aromatic N) is 1. The van der Waals surface area contributed by atoms with Gasteiger partial charge in [0.05, 0.1) is 10.6 Å². The van der Waals surface area contributed by atoms with Gasteiger partial charge >= 0.3 is 0 Å². The SMILES string of the molecule is CCN(CC)S(=O)(=O)c1cccc(C(=O)Nc2cc(F)ccc2F)c1. The van der Waals surface area contributed by atoms with Crippen LogP contribution in [0.15, 0.2) is 47.4 Å². The third-order valence-electron chi connectivity index (χ3n) is 3.62. The van der Waals surface area contributed by atoms with Crippen molar-refractivity contribution in [2.24, 2.45) is 0 Å². The number of carbonyl (C=O) groups is 1. The first kappa shape index (κ1) is 19.0. The van der Waals surface area contributed by atoms with E-state index < -0.39 is 27.6 Å². The average molecular weight is 368 g/mol. The Balaban J connectivity index is 2.32. The van der Waals surface area contributed by atoms with E-state index >= 15 is 0 Å². The number of carbonyl (C=O) groups excluding carboxylic acids is 1. The molecule has 134 valence electrons. The molecule has 8 heteroatoms. The molecule has 0 atom stereocenters. The highest BCUT2D eigenvalue weighted by Crippen LogP contribution is 2.19. The molecule has 1 N–H and O–H groups in total. The van der Waals surface area contributed by atoms with Crippen LogP contribution in [0, 0.1) is 11.6 Å². The molecule has 0 saturated carbocycles. The molecule has 0 fully saturated rings. The van der Waals surface area contributed by atoms with Crippen LogP contribution < -0.4 is 5.32 Å². The topological polar surface area (TPSA) is 66.5 Å². The van der Waals surface area contributed by atoms with Crippen molar-refractivity contribution in [3.05, 3.63) is 59.7 Å². The number of hydrogen-bond donors (Lipinski definition) is 1. The molecule has 0 heterocycles.